The minimum absolute atomic E-state index is 0.166. The van der Waals surface area contributed by atoms with Gasteiger partial charge in [-0.05, 0) is 47.1 Å². The molecule has 2 aromatic carbocycles. The average Bonchev–Trinajstić information content (AvgIpc) is 2.80. The van der Waals surface area contributed by atoms with Crippen LogP contribution in [-0.4, -0.2) is 31.2 Å². The molecule has 1 atom stereocenters. The summed E-state index contributed by atoms with van der Waals surface area (Å²) in [5.41, 5.74) is 1.64. The van der Waals surface area contributed by atoms with E-state index in [4.69, 9.17) is 4.74 Å². The zero-order valence-corrected chi connectivity index (χ0v) is 20.8. The lowest BCUT2D eigenvalue weighted by Crippen LogP contribution is -2.47. The van der Waals surface area contributed by atoms with Gasteiger partial charge in [0.25, 0.3) is 0 Å². The number of hydrogen-bond donors (Lipinski definition) is 2. The minimum atomic E-state index is -4.36. The quantitative estimate of drug-likeness (QED) is 0.405. The molecule has 5 nitrogen and oxygen atoms in total. The molecule has 0 aliphatic heterocycles. The SMILES string of the molecule is CCCCC(NC(=O)OCC(C)(C)C)C(=O)NCCc1ccc(-c2ccc(C(F)(F)F)cc2)cc1. The fourth-order valence-electron chi connectivity index (χ4n) is 3.31. The molecular formula is C27H35F3N2O3. The number of amides is 2. The Balaban J connectivity index is 1.88. The maximum absolute atomic E-state index is 12.7. The number of alkyl halides is 3. The van der Waals surface area contributed by atoms with Crippen molar-refractivity contribution in [3.63, 3.8) is 0 Å². The van der Waals surface area contributed by atoms with Crippen LogP contribution in [0.1, 0.15) is 58.1 Å². The summed E-state index contributed by atoms with van der Waals surface area (Å²) in [6.07, 6.45) is -2.17. The van der Waals surface area contributed by atoms with E-state index in [-0.39, 0.29) is 17.9 Å². The van der Waals surface area contributed by atoms with Crippen molar-refractivity contribution in [1.29, 1.82) is 0 Å². The van der Waals surface area contributed by atoms with E-state index in [1.165, 1.54) is 12.1 Å². The van der Waals surface area contributed by atoms with Crippen molar-refractivity contribution in [2.75, 3.05) is 13.2 Å². The molecule has 0 aromatic heterocycles. The third-order valence-corrected chi connectivity index (χ3v) is 5.30. The molecule has 0 bridgehead atoms. The van der Waals surface area contributed by atoms with Crippen LogP contribution >= 0.6 is 0 Å². The van der Waals surface area contributed by atoms with Crippen molar-refractivity contribution >= 4 is 12.0 Å². The topological polar surface area (TPSA) is 67.4 Å². The molecule has 0 spiro atoms. The number of carbonyl (C=O) groups is 2. The summed E-state index contributed by atoms with van der Waals surface area (Å²) in [5.74, 6) is -0.257. The lowest BCUT2D eigenvalue weighted by Gasteiger charge is -2.21. The summed E-state index contributed by atoms with van der Waals surface area (Å²) in [5, 5.41) is 5.54. The highest BCUT2D eigenvalue weighted by molar-refractivity contribution is 5.85. The molecule has 2 aromatic rings. The highest BCUT2D eigenvalue weighted by Crippen LogP contribution is 2.31. The molecule has 0 aliphatic carbocycles. The molecule has 0 heterocycles. The number of hydrogen-bond acceptors (Lipinski definition) is 3. The summed E-state index contributed by atoms with van der Waals surface area (Å²) >= 11 is 0. The smallest absolute Gasteiger partial charge is 0.416 e. The predicted octanol–water partition coefficient (Wildman–Crippen LogP) is 6.36. The standard InChI is InChI=1S/C27H35F3N2O3/c1-5-6-7-23(32-25(34)35-18-26(2,3)4)24(33)31-17-16-19-8-10-20(11-9-19)21-12-14-22(15-13-21)27(28,29)30/h8-15,23H,5-7,16-18H2,1-4H3,(H,31,33)(H,32,34). The highest BCUT2D eigenvalue weighted by atomic mass is 19.4. The van der Waals surface area contributed by atoms with Crippen LogP contribution in [0.5, 0.6) is 0 Å². The molecular weight excluding hydrogens is 457 g/mol. The maximum atomic E-state index is 12.7. The zero-order chi connectivity index (χ0) is 26.1. The van der Waals surface area contributed by atoms with Crippen molar-refractivity contribution in [1.82, 2.24) is 10.6 Å². The molecule has 1 unspecified atom stereocenters. The van der Waals surface area contributed by atoms with E-state index < -0.39 is 23.9 Å². The van der Waals surface area contributed by atoms with Gasteiger partial charge < -0.3 is 15.4 Å². The van der Waals surface area contributed by atoms with Gasteiger partial charge in [0.05, 0.1) is 12.2 Å². The summed E-state index contributed by atoms with van der Waals surface area (Å²) in [7, 11) is 0. The van der Waals surface area contributed by atoms with Crippen molar-refractivity contribution in [3.05, 3.63) is 59.7 Å². The van der Waals surface area contributed by atoms with Crippen molar-refractivity contribution in [2.24, 2.45) is 5.41 Å². The Kier molecular flexibility index (Phi) is 10.2. The minimum Gasteiger partial charge on any atom is -0.449 e. The van der Waals surface area contributed by atoms with Crippen LogP contribution in [0.3, 0.4) is 0 Å². The van der Waals surface area contributed by atoms with E-state index in [0.29, 0.717) is 24.9 Å². The molecule has 0 radical (unpaired) electrons. The fourth-order valence-corrected chi connectivity index (χ4v) is 3.31. The summed E-state index contributed by atoms with van der Waals surface area (Å²) in [4.78, 5) is 24.8. The number of carbonyl (C=O) groups excluding carboxylic acids is 2. The Labute approximate surface area is 205 Å². The average molecular weight is 493 g/mol. The Hall–Kier alpha value is -3.03. The normalized spacial score (nSPS) is 12.7. The monoisotopic (exact) mass is 492 g/mol. The van der Waals surface area contributed by atoms with Crippen LogP contribution in [0.25, 0.3) is 11.1 Å². The van der Waals surface area contributed by atoms with Crippen LogP contribution in [0.15, 0.2) is 48.5 Å². The van der Waals surface area contributed by atoms with Crippen LogP contribution in [0, 0.1) is 5.41 Å². The Morgan fingerprint density at radius 1 is 0.943 bits per heavy atom. The van der Waals surface area contributed by atoms with E-state index in [2.05, 4.69) is 10.6 Å². The third-order valence-electron chi connectivity index (χ3n) is 5.30. The second-order valence-corrected chi connectivity index (χ2v) is 9.79. The van der Waals surface area contributed by atoms with Crippen molar-refractivity contribution in [2.45, 2.75) is 65.6 Å². The number of halogens is 3. The first-order valence-electron chi connectivity index (χ1n) is 11.9. The number of rotatable bonds is 10. The van der Waals surface area contributed by atoms with E-state index in [1.807, 2.05) is 52.0 Å². The van der Waals surface area contributed by atoms with Crippen molar-refractivity contribution in [3.8, 4) is 11.1 Å². The first-order chi connectivity index (χ1) is 16.4. The number of alkyl carbamates (subject to hydrolysis) is 1. The van der Waals surface area contributed by atoms with Gasteiger partial charge >= 0.3 is 12.3 Å². The Bertz CT molecular complexity index is 950. The molecule has 8 heteroatoms. The molecule has 0 aliphatic rings. The van der Waals surface area contributed by atoms with E-state index in [0.717, 1.165) is 36.1 Å². The summed E-state index contributed by atoms with van der Waals surface area (Å²) in [6.45, 7) is 8.53. The zero-order valence-electron chi connectivity index (χ0n) is 20.8. The number of benzene rings is 2. The predicted molar refractivity (Wildman–Crippen MR) is 131 cm³/mol. The van der Waals surface area contributed by atoms with E-state index in [1.54, 1.807) is 0 Å². The Morgan fingerprint density at radius 2 is 1.51 bits per heavy atom. The lowest BCUT2D eigenvalue weighted by atomic mass is 9.99. The van der Waals surface area contributed by atoms with Gasteiger partial charge in [-0.15, -0.1) is 0 Å². The van der Waals surface area contributed by atoms with Gasteiger partial charge in [0.15, 0.2) is 0 Å². The molecule has 0 fully saturated rings. The second-order valence-electron chi connectivity index (χ2n) is 9.79. The highest BCUT2D eigenvalue weighted by Gasteiger charge is 2.30. The van der Waals surface area contributed by atoms with Crippen LogP contribution < -0.4 is 10.6 Å². The largest absolute Gasteiger partial charge is 0.449 e. The number of ether oxygens (including phenoxy) is 1. The van der Waals surface area contributed by atoms with Gasteiger partial charge in [0.2, 0.25) is 5.91 Å². The summed E-state index contributed by atoms with van der Waals surface area (Å²) < 4.78 is 43.5. The maximum Gasteiger partial charge on any atom is 0.416 e. The first kappa shape index (κ1) is 28.2. The lowest BCUT2D eigenvalue weighted by molar-refractivity contribution is -0.137. The van der Waals surface area contributed by atoms with E-state index >= 15 is 0 Å². The molecule has 0 saturated carbocycles. The van der Waals surface area contributed by atoms with Crippen LogP contribution in [0.2, 0.25) is 0 Å². The molecule has 2 rings (SSSR count). The number of unbranched alkanes of at least 4 members (excludes halogenated alkanes) is 1. The Morgan fingerprint density at radius 3 is 2.03 bits per heavy atom. The fraction of sp³-hybridized carbons (Fsp3) is 0.481. The van der Waals surface area contributed by atoms with Gasteiger partial charge in [-0.3, -0.25) is 4.79 Å². The molecule has 2 amide bonds. The molecule has 2 N–H and O–H groups in total. The molecule has 192 valence electrons. The number of nitrogens with one attached hydrogen (secondary N) is 2. The van der Waals surface area contributed by atoms with Gasteiger partial charge in [-0.1, -0.05) is 76.9 Å². The van der Waals surface area contributed by atoms with Gasteiger partial charge in [-0.2, -0.15) is 13.2 Å². The first-order valence-corrected chi connectivity index (χ1v) is 11.9. The second kappa shape index (κ2) is 12.6. The van der Waals surface area contributed by atoms with Gasteiger partial charge in [0, 0.05) is 6.54 Å². The third kappa shape index (κ3) is 10.0. The van der Waals surface area contributed by atoms with Gasteiger partial charge in [-0.25, -0.2) is 4.79 Å². The molecule has 0 saturated heterocycles. The van der Waals surface area contributed by atoms with Crippen LogP contribution in [0.4, 0.5) is 18.0 Å². The van der Waals surface area contributed by atoms with Gasteiger partial charge in [0.1, 0.15) is 6.04 Å². The van der Waals surface area contributed by atoms with E-state index in [9.17, 15) is 22.8 Å². The summed E-state index contributed by atoms with van der Waals surface area (Å²) in [6, 6.07) is 11.8. The van der Waals surface area contributed by atoms with Crippen LogP contribution in [-0.2, 0) is 22.1 Å². The molecule has 35 heavy (non-hydrogen) atoms. The van der Waals surface area contributed by atoms with Crippen molar-refractivity contribution < 1.29 is 27.5 Å².